The second kappa shape index (κ2) is 9.93. The van der Waals surface area contributed by atoms with Crippen molar-refractivity contribution < 1.29 is 17.9 Å². The van der Waals surface area contributed by atoms with Crippen LogP contribution < -0.4 is 10.1 Å². The zero-order chi connectivity index (χ0) is 24.1. The summed E-state index contributed by atoms with van der Waals surface area (Å²) in [6, 6.07) is 18.4. The zero-order valence-corrected chi connectivity index (χ0v) is 19.5. The summed E-state index contributed by atoms with van der Waals surface area (Å²) < 4.78 is 30.6. The highest BCUT2D eigenvalue weighted by Gasteiger charge is 2.29. The van der Waals surface area contributed by atoms with Crippen molar-refractivity contribution in [3.05, 3.63) is 71.9 Å². The minimum absolute atomic E-state index is 0.0370. The van der Waals surface area contributed by atoms with E-state index in [9.17, 15) is 18.5 Å². The van der Waals surface area contributed by atoms with Crippen LogP contribution in [0.4, 0.5) is 0 Å². The summed E-state index contributed by atoms with van der Waals surface area (Å²) in [7, 11) is -3.15. The third kappa shape index (κ3) is 5.35. The number of aromatic nitrogens is 2. The van der Waals surface area contributed by atoms with Crippen LogP contribution in [0.3, 0.4) is 0 Å². The van der Waals surface area contributed by atoms with Crippen LogP contribution in [0.5, 0.6) is 5.75 Å². The number of carbonyl (C=O) groups excluding carboxylic acids is 1. The number of carbonyl (C=O) groups is 1. The quantitative estimate of drug-likeness (QED) is 0.414. The van der Waals surface area contributed by atoms with Crippen LogP contribution in [-0.4, -0.2) is 48.3 Å². The molecule has 4 rings (SSSR count). The van der Waals surface area contributed by atoms with Crippen molar-refractivity contribution in [1.82, 2.24) is 15.1 Å². The van der Waals surface area contributed by atoms with Gasteiger partial charge in [0.15, 0.2) is 9.84 Å². The molecule has 1 saturated heterocycles. The fourth-order valence-electron chi connectivity index (χ4n) is 3.78. The van der Waals surface area contributed by atoms with E-state index in [1.54, 1.807) is 10.9 Å². The Morgan fingerprint density at radius 3 is 2.59 bits per heavy atom. The third-order valence-electron chi connectivity index (χ3n) is 5.43. The number of benzene rings is 2. The van der Waals surface area contributed by atoms with E-state index < -0.39 is 21.8 Å². The fourth-order valence-corrected chi connectivity index (χ4v) is 5.46. The minimum atomic E-state index is -3.15. The molecule has 1 fully saturated rings. The van der Waals surface area contributed by atoms with Crippen LogP contribution in [0.2, 0.25) is 0 Å². The van der Waals surface area contributed by atoms with Crippen LogP contribution in [0.25, 0.3) is 23.0 Å². The Hall–Kier alpha value is -3.90. The average molecular weight is 477 g/mol. The topological polar surface area (TPSA) is 114 Å². The van der Waals surface area contributed by atoms with Crippen molar-refractivity contribution >= 4 is 21.8 Å². The number of amides is 1. The summed E-state index contributed by atoms with van der Waals surface area (Å²) in [5, 5.41) is 17.1. The molecular formula is C25H24N4O4S. The van der Waals surface area contributed by atoms with Gasteiger partial charge in [-0.25, -0.2) is 13.1 Å². The first-order chi connectivity index (χ1) is 16.4. The van der Waals surface area contributed by atoms with Gasteiger partial charge in [0.1, 0.15) is 17.4 Å². The Bertz CT molecular complexity index is 1350. The minimum Gasteiger partial charge on any atom is -0.494 e. The highest BCUT2D eigenvalue weighted by molar-refractivity contribution is 7.91. The lowest BCUT2D eigenvalue weighted by atomic mass is 10.1. The highest BCUT2D eigenvalue weighted by atomic mass is 32.2. The van der Waals surface area contributed by atoms with E-state index in [0.29, 0.717) is 24.3 Å². The van der Waals surface area contributed by atoms with Gasteiger partial charge >= 0.3 is 0 Å². The Morgan fingerprint density at radius 1 is 1.24 bits per heavy atom. The first kappa shape index (κ1) is 23.3. The molecule has 34 heavy (non-hydrogen) atoms. The normalized spacial score (nSPS) is 17.2. The number of hydrogen-bond acceptors (Lipinski definition) is 6. The molecule has 0 bridgehead atoms. The molecule has 3 aromatic rings. The number of nitrogens with one attached hydrogen (secondary N) is 1. The van der Waals surface area contributed by atoms with Crippen LogP contribution in [0.1, 0.15) is 18.9 Å². The van der Waals surface area contributed by atoms with E-state index in [0.717, 1.165) is 17.0 Å². The van der Waals surface area contributed by atoms with Gasteiger partial charge in [0.25, 0.3) is 5.91 Å². The van der Waals surface area contributed by atoms with Crippen molar-refractivity contribution in [2.75, 3.05) is 18.1 Å². The molecule has 0 saturated carbocycles. The van der Waals surface area contributed by atoms with Crippen LogP contribution >= 0.6 is 0 Å². The van der Waals surface area contributed by atoms with Crippen molar-refractivity contribution in [2.45, 2.75) is 19.4 Å². The second-order valence-corrected chi connectivity index (χ2v) is 10.1. The number of rotatable bonds is 7. The summed E-state index contributed by atoms with van der Waals surface area (Å²) in [5.41, 5.74) is 2.68. The highest BCUT2D eigenvalue weighted by Crippen LogP contribution is 2.27. The summed E-state index contributed by atoms with van der Waals surface area (Å²) in [6.45, 7) is 2.46. The maximum atomic E-state index is 12.7. The van der Waals surface area contributed by atoms with Gasteiger partial charge in [0, 0.05) is 23.4 Å². The maximum Gasteiger partial charge on any atom is 0.262 e. The molecule has 0 aliphatic carbocycles. The first-order valence-corrected chi connectivity index (χ1v) is 12.7. The Labute approximate surface area is 198 Å². The molecular weight excluding hydrogens is 452 g/mol. The Kier molecular flexibility index (Phi) is 6.80. The van der Waals surface area contributed by atoms with Crippen molar-refractivity contribution in [3.63, 3.8) is 0 Å². The van der Waals surface area contributed by atoms with Crippen LogP contribution in [0, 0.1) is 11.3 Å². The van der Waals surface area contributed by atoms with E-state index in [2.05, 4.69) is 5.32 Å². The number of hydrogen-bond donors (Lipinski definition) is 1. The SMILES string of the molecule is CCOc1ccc(-c2nn(-c3ccccc3)cc2/C=C(\C#N)C(=O)N[C@H]2CCS(=O)(=O)C2)cc1. The van der Waals surface area contributed by atoms with Crippen LogP contribution in [0.15, 0.2) is 66.4 Å². The van der Waals surface area contributed by atoms with Gasteiger partial charge in [-0.1, -0.05) is 18.2 Å². The predicted octanol–water partition coefficient (Wildman–Crippen LogP) is 3.15. The molecule has 0 spiro atoms. The van der Waals surface area contributed by atoms with Gasteiger partial charge in [-0.15, -0.1) is 0 Å². The van der Waals surface area contributed by atoms with Crippen LogP contribution in [-0.2, 0) is 14.6 Å². The number of para-hydroxylation sites is 1. The molecule has 2 heterocycles. The lowest BCUT2D eigenvalue weighted by Crippen LogP contribution is -2.36. The smallest absolute Gasteiger partial charge is 0.262 e. The molecule has 9 heteroatoms. The summed E-state index contributed by atoms with van der Waals surface area (Å²) in [6.07, 6.45) is 3.58. The molecule has 1 N–H and O–H groups in total. The number of nitrogens with zero attached hydrogens (tertiary/aromatic N) is 3. The Balaban J connectivity index is 1.69. The largest absolute Gasteiger partial charge is 0.494 e. The van der Waals surface area contributed by atoms with Crippen molar-refractivity contribution in [3.8, 4) is 28.8 Å². The second-order valence-electron chi connectivity index (χ2n) is 7.91. The molecule has 1 aromatic heterocycles. The molecule has 174 valence electrons. The van der Waals surface area contributed by atoms with E-state index in [4.69, 9.17) is 9.84 Å². The summed E-state index contributed by atoms with van der Waals surface area (Å²) in [4.78, 5) is 12.7. The molecule has 0 unspecified atom stereocenters. The van der Waals surface area contributed by atoms with Gasteiger partial charge in [0.2, 0.25) is 0 Å². The van der Waals surface area contributed by atoms with E-state index in [1.165, 1.54) is 6.08 Å². The molecule has 1 atom stereocenters. The molecule has 1 aliphatic heterocycles. The lowest BCUT2D eigenvalue weighted by Gasteiger charge is -2.10. The number of ether oxygens (including phenoxy) is 1. The van der Waals surface area contributed by atoms with Gasteiger partial charge in [0.05, 0.1) is 29.5 Å². The van der Waals surface area contributed by atoms with Gasteiger partial charge in [-0.3, -0.25) is 4.79 Å². The van der Waals surface area contributed by atoms with E-state index in [1.807, 2.05) is 67.6 Å². The molecule has 8 nitrogen and oxygen atoms in total. The molecule has 1 amide bonds. The predicted molar refractivity (Wildman–Crippen MR) is 129 cm³/mol. The number of sulfone groups is 1. The molecule has 1 aliphatic rings. The monoisotopic (exact) mass is 476 g/mol. The fraction of sp³-hybridized carbons (Fsp3) is 0.240. The standard InChI is InChI=1S/C25H24N4O4S/c1-2-33-23-10-8-18(9-11-23)24-20(16-29(28-24)22-6-4-3-5-7-22)14-19(15-26)25(30)27-21-12-13-34(31,32)17-21/h3-11,14,16,21H,2,12-13,17H2,1H3,(H,27,30)/b19-14+/t21-/m0/s1. The molecule has 0 radical (unpaired) electrons. The van der Waals surface area contributed by atoms with Crippen molar-refractivity contribution in [2.24, 2.45) is 0 Å². The van der Waals surface area contributed by atoms with E-state index >= 15 is 0 Å². The summed E-state index contributed by atoms with van der Waals surface area (Å²) in [5.74, 6) is 0.0555. The molecule has 2 aromatic carbocycles. The maximum absolute atomic E-state index is 12.7. The van der Waals surface area contributed by atoms with Gasteiger partial charge in [-0.05, 0) is 55.8 Å². The first-order valence-electron chi connectivity index (χ1n) is 10.9. The van der Waals surface area contributed by atoms with Crippen molar-refractivity contribution in [1.29, 1.82) is 5.26 Å². The summed E-state index contributed by atoms with van der Waals surface area (Å²) >= 11 is 0. The Morgan fingerprint density at radius 2 is 1.97 bits per heavy atom. The third-order valence-corrected chi connectivity index (χ3v) is 7.20. The van der Waals surface area contributed by atoms with E-state index in [-0.39, 0.29) is 17.1 Å². The lowest BCUT2D eigenvalue weighted by molar-refractivity contribution is -0.117. The van der Waals surface area contributed by atoms with Gasteiger partial charge < -0.3 is 10.1 Å². The number of nitriles is 1. The zero-order valence-electron chi connectivity index (χ0n) is 18.6. The average Bonchev–Trinajstić information content (AvgIpc) is 3.41. The van der Waals surface area contributed by atoms with Gasteiger partial charge in [-0.2, -0.15) is 10.4 Å².